The predicted molar refractivity (Wildman–Crippen MR) is 129 cm³/mol. The van der Waals surface area contributed by atoms with Gasteiger partial charge in [0.1, 0.15) is 17.7 Å². The zero-order valence-corrected chi connectivity index (χ0v) is 19.8. The molecule has 1 aromatic carbocycles. The number of methoxy groups -OCH3 is 1. The Morgan fingerprint density at radius 3 is 2.47 bits per heavy atom. The summed E-state index contributed by atoms with van der Waals surface area (Å²) in [6.07, 6.45) is 0. The van der Waals surface area contributed by atoms with Gasteiger partial charge in [-0.15, -0.1) is 0 Å². The number of benzene rings is 1. The Morgan fingerprint density at radius 2 is 1.81 bits per heavy atom. The van der Waals surface area contributed by atoms with E-state index in [0.29, 0.717) is 12.4 Å². The highest BCUT2D eigenvalue weighted by Crippen LogP contribution is 2.23. The van der Waals surface area contributed by atoms with Crippen molar-refractivity contribution >= 4 is 34.0 Å². The number of hydrogen-bond acceptors (Lipinski definition) is 8. The van der Waals surface area contributed by atoms with Crippen LogP contribution < -0.4 is 5.32 Å². The molecule has 0 spiro atoms. The summed E-state index contributed by atoms with van der Waals surface area (Å²) in [7, 11) is 1.42. The molecule has 1 fully saturated rings. The third-order valence-corrected chi connectivity index (χ3v) is 6.61. The van der Waals surface area contributed by atoms with Crippen LogP contribution in [0.5, 0.6) is 0 Å². The van der Waals surface area contributed by atoms with Gasteiger partial charge in [-0.2, -0.15) is 11.3 Å². The molecule has 1 saturated heterocycles. The molecule has 0 unspecified atom stereocenters. The van der Waals surface area contributed by atoms with Gasteiger partial charge in [0, 0.05) is 38.1 Å². The van der Waals surface area contributed by atoms with Gasteiger partial charge in [-0.3, -0.25) is 9.80 Å². The standard InChI is InChI=1S/C24H31N5O2S/c1-17(2)22(24(30)31-3)27-23-19-6-4-5-7-20(19)25-21(26-23)15-29-11-9-28(10-12-29)14-18-8-13-32-16-18/h4-8,13,16-17,22H,9-12,14-15H2,1-3H3,(H,25,26,27)/t22-/m0/s1. The van der Waals surface area contributed by atoms with Gasteiger partial charge in [0.2, 0.25) is 0 Å². The smallest absolute Gasteiger partial charge is 0.328 e. The van der Waals surface area contributed by atoms with Crippen molar-refractivity contribution in [3.63, 3.8) is 0 Å². The molecule has 1 N–H and O–H groups in total. The summed E-state index contributed by atoms with van der Waals surface area (Å²) < 4.78 is 5.00. The van der Waals surface area contributed by atoms with E-state index in [0.717, 1.165) is 49.5 Å². The summed E-state index contributed by atoms with van der Waals surface area (Å²) in [5.74, 6) is 1.23. The number of nitrogens with zero attached hydrogens (tertiary/aromatic N) is 4. The molecule has 0 aliphatic carbocycles. The van der Waals surface area contributed by atoms with Gasteiger partial charge >= 0.3 is 5.97 Å². The summed E-state index contributed by atoms with van der Waals surface area (Å²) in [4.78, 5) is 26.8. The number of fused-ring (bicyclic) bond motifs is 1. The highest BCUT2D eigenvalue weighted by atomic mass is 32.1. The average molecular weight is 454 g/mol. The van der Waals surface area contributed by atoms with E-state index >= 15 is 0 Å². The minimum absolute atomic E-state index is 0.0657. The molecule has 4 rings (SSSR count). The molecule has 0 saturated carbocycles. The summed E-state index contributed by atoms with van der Waals surface area (Å²) >= 11 is 1.75. The second-order valence-electron chi connectivity index (χ2n) is 8.58. The van der Waals surface area contributed by atoms with E-state index in [1.54, 1.807) is 11.3 Å². The second kappa shape index (κ2) is 10.4. The van der Waals surface area contributed by atoms with Gasteiger partial charge in [0.05, 0.1) is 19.2 Å². The van der Waals surface area contributed by atoms with Crippen molar-refractivity contribution in [3.8, 4) is 0 Å². The number of para-hydroxylation sites is 1. The van der Waals surface area contributed by atoms with Crippen molar-refractivity contribution < 1.29 is 9.53 Å². The lowest BCUT2D eigenvalue weighted by atomic mass is 10.0. The van der Waals surface area contributed by atoms with Crippen LogP contribution >= 0.6 is 11.3 Å². The fourth-order valence-electron chi connectivity index (χ4n) is 4.02. The summed E-state index contributed by atoms with van der Waals surface area (Å²) in [6.45, 7) is 9.74. The Bertz CT molecular complexity index is 1030. The molecular weight excluding hydrogens is 422 g/mol. The minimum Gasteiger partial charge on any atom is -0.467 e. The molecule has 32 heavy (non-hydrogen) atoms. The average Bonchev–Trinajstić information content (AvgIpc) is 3.31. The number of aromatic nitrogens is 2. The number of nitrogens with one attached hydrogen (secondary N) is 1. The van der Waals surface area contributed by atoms with E-state index in [1.165, 1.54) is 12.7 Å². The van der Waals surface area contributed by atoms with E-state index in [1.807, 2.05) is 38.1 Å². The van der Waals surface area contributed by atoms with E-state index in [9.17, 15) is 4.79 Å². The van der Waals surface area contributed by atoms with Crippen LogP contribution in [0, 0.1) is 5.92 Å². The third kappa shape index (κ3) is 5.43. The quantitative estimate of drug-likeness (QED) is 0.523. The van der Waals surface area contributed by atoms with Gasteiger partial charge in [-0.1, -0.05) is 26.0 Å². The lowest BCUT2D eigenvalue weighted by Crippen LogP contribution is -2.45. The third-order valence-electron chi connectivity index (χ3n) is 5.88. The number of anilines is 1. The molecule has 2 aromatic heterocycles. The fourth-order valence-corrected chi connectivity index (χ4v) is 4.68. The van der Waals surface area contributed by atoms with Crippen molar-refractivity contribution in [1.29, 1.82) is 0 Å². The molecular formula is C24H31N5O2S. The van der Waals surface area contributed by atoms with Crippen molar-refractivity contribution in [2.75, 3.05) is 38.6 Å². The zero-order chi connectivity index (χ0) is 22.5. The van der Waals surface area contributed by atoms with Gasteiger partial charge < -0.3 is 10.1 Å². The van der Waals surface area contributed by atoms with Crippen LogP contribution in [0.2, 0.25) is 0 Å². The van der Waals surface area contributed by atoms with Crippen LogP contribution in [0.1, 0.15) is 25.2 Å². The molecule has 1 aliphatic heterocycles. The van der Waals surface area contributed by atoms with Crippen LogP contribution in [-0.2, 0) is 22.6 Å². The fraction of sp³-hybridized carbons (Fsp3) is 0.458. The molecule has 3 heterocycles. The zero-order valence-electron chi connectivity index (χ0n) is 19.0. The van der Waals surface area contributed by atoms with Crippen molar-refractivity contribution in [1.82, 2.24) is 19.8 Å². The van der Waals surface area contributed by atoms with E-state index < -0.39 is 6.04 Å². The number of rotatable bonds is 8. The Labute approximate surface area is 193 Å². The predicted octanol–water partition coefficient (Wildman–Crippen LogP) is 3.62. The molecule has 1 atom stereocenters. The number of carbonyl (C=O) groups is 1. The number of esters is 1. The number of thiophene rings is 1. The lowest BCUT2D eigenvalue weighted by Gasteiger charge is -2.34. The maximum atomic E-state index is 12.3. The Kier molecular flexibility index (Phi) is 7.34. The van der Waals surface area contributed by atoms with Crippen LogP contribution in [-0.4, -0.2) is 65.1 Å². The number of hydrogen-bond donors (Lipinski definition) is 1. The van der Waals surface area contributed by atoms with E-state index in [-0.39, 0.29) is 11.9 Å². The Morgan fingerprint density at radius 1 is 1.09 bits per heavy atom. The Balaban J connectivity index is 1.48. The molecule has 8 heteroatoms. The first-order valence-corrected chi connectivity index (χ1v) is 12.0. The lowest BCUT2D eigenvalue weighted by molar-refractivity contribution is -0.142. The Hall–Kier alpha value is -2.55. The maximum Gasteiger partial charge on any atom is 0.328 e. The second-order valence-corrected chi connectivity index (χ2v) is 9.36. The molecule has 3 aromatic rings. The number of piperazine rings is 1. The van der Waals surface area contributed by atoms with Gasteiger partial charge in [-0.25, -0.2) is 14.8 Å². The molecule has 170 valence electrons. The van der Waals surface area contributed by atoms with Crippen molar-refractivity contribution in [2.24, 2.45) is 5.92 Å². The monoisotopic (exact) mass is 453 g/mol. The highest BCUT2D eigenvalue weighted by Gasteiger charge is 2.25. The first-order valence-electron chi connectivity index (χ1n) is 11.1. The molecule has 0 bridgehead atoms. The van der Waals surface area contributed by atoms with Crippen LogP contribution in [0.15, 0.2) is 41.1 Å². The maximum absolute atomic E-state index is 12.3. The van der Waals surface area contributed by atoms with Crippen LogP contribution in [0.4, 0.5) is 5.82 Å². The largest absolute Gasteiger partial charge is 0.467 e. The summed E-state index contributed by atoms with van der Waals surface area (Å²) in [6, 6.07) is 9.66. The van der Waals surface area contributed by atoms with Crippen LogP contribution in [0.3, 0.4) is 0 Å². The summed E-state index contributed by atoms with van der Waals surface area (Å²) in [5.41, 5.74) is 2.27. The van der Waals surface area contributed by atoms with Gasteiger partial charge in [0.15, 0.2) is 0 Å². The first-order chi connectivity index (χ1) is 15.5. The molecule has 0 radical (unpaired) electrons. The number of carbonyl (C=O) groups excluding carboxylic acids is 1. The van der Waals surface area contributed by atoms with Crippen molar-refractivity contribution in [2.45, 2.75) is 33.0 Å². The topological polar surface area (TPSA) is 70.6 Å². The first kappa shape index (κ1) is 22.6. The normalized spacial score (nSPS) is 16.4. The number of ether oxygens (including phenoxy) is 1. The SMILES string of the molecule is COC(=O)[C@@H](Nc1nc(CN2CCN(Cc3ccsc3)CC2)nc2ccccc12)C(C)C. The summed E-state index contributed by atoms with van der Waals surface area (Å²) in [5, 5.41) is 8.60. The van der Waals surface area contributed by atoms with E-state index in [4.69, 9.17) is 14.7 Å². The molecule has 1 aliphatic rings. The van der Waals surface area contributed by atoms with E-state index in [2.05, 4.69) is 31.9 Å². The highest BCUT2D eigenvalue weighted by molar-refractivity contribution is 7.07. The van der Waals surface area contributed by atoms with Crippen molar-refractivity contribution in [3.05, 3.63) is 52.5 Å². The molecule has 0 amide bonds. The minimum atomic E-state index is -0.466. The van der Waals surface area contributed by atoms with Gasteiger partial charge in [-0.05, 0) is 40.4 Å². The van der Waals surface area contributed by atoms with Gasteiger partial charge in [0.25, 0.3) is 0 Å². The molecule has 7 nitrogen and oxygen atoms in total. The van der Waals surface area contributed by atoms with Crippen LogP contribution in [0.25, 0.3) is 10.9 Å².